The predicted molar refractivity (Wildman–Crippen MR) is 96.0 cm³/mol. The van der Waals surface area contributed by atoms with Crippen molar-refractivity contribution in [2.45, 2.75) is 13.8 Å². The zero-order valence-electron chi connectivity index (χ0n) is 13.3. The molecule has 2 nitrogen and oxygen atoms in total. The topological polar surface area (TPSA) is 17.8 Å². The van der Waals surface area contributed by atoms with Crippen LogP contribution in [-0.4, -0.2) is 9.78 Å². The molecule has 0 radical (unpaired) electrons. The maximum absolute atomic E-state index is 4.88. The monoisotopic (exact) mass is 298 g/mol. The lowest BCUT2D eigenvalue weighted by Crippen LogP contribution is -1.99. The average molecular weight is 298 g/mol. The lowest BCUT2D eigenvalue weighted by Gasteiger charge is -2.09. The standard InChI is InChI=1S/C21H18N2/c1-15-7-6-10-18(13-15)23-21(17-8-4-3-5-9-17)19-12-11-16(2)14-20(19)22-23/h3-14H,1-2H3. The molecule has 23 heavy (non-hydrogen) atoms. The molecule has 0 aliphatic carbocycles. The van der Waals surface area contributed by atoms with Crippen LogP contribution >= 0.6 is 0 Å². The summed E-state index contributed by atoms with van der Waals surface area (Å²) < 4.78 is 2.06. The zero-order chi connectivity index (χ0) is 15.8. The van der Waals surface area contributed by atoms with E-state index in [1.165, 1.54) is 22.1 Å². The van der Waals surface area contributed by atoms with E-state index < -0.39 is 0 Å². The van der Waals surface area contributed by atoms with Gasteiger partial charge in [-0.1, -0.05) is 54.6 Å². The summed E-state index contributed by atoms with van der Waals surface area (Å²) in [5.41, 5.74) is 6.91. The predicted octanol–water partition coefficient (Wildman–Crippen LogP) is 5.31. The van der Waals surface area contributed by atoms with Gasteiger partial charge in [0, 0.05) is 10.9 Å². The van der Waals surface area contributed by atoms with E-state index in [1.54, 1.807) is 0 Å². The first-order chi connectivity index (χ1) is 11.2. The summed E-state index contributed by atoms with van der Waals surface area (Å²) in [4.78, 5) is 0. The van der Waals surface area contributed by atoms with Crippen LogP contribution in [0.5, 0.6) is 0 Å². The molecule has 0 aliphatic heterocycles. The third-order valence-corrected chi connectivity index (χ3v) is 4.12. The van der Waals surface area contributed by atoms with Gasteiger partial charge >= 0.3 is 0 Å². The third kappa shape index (κ3) is 2.42. The van der Waals surface area contributed by atoms with E-state index in [4.69, 9.17) is 5.10 Å². The highest BCUT2D eigenvalue weighted by atomic mass is 15.3. The number of fused-ring (bicyclic) bond motifs is 1. The molecule has 2 heteroatoms. The van der Waals surface area contributed by atoms with E-state index in [0.717, 1.165) is 16.9 Å². The van der Waals surface area contributed by atoms with Crippen LogP contribution in [0.4, 0.5) is 0 Å². The summed E-state index contributed by atoms with van der Waals surface area (Å²) in [7, 11) is 0. The highest BCUT2D eigenvalue weighted by molar-refractivity contribution is 5.94. The van der Waals surface area contributed by atoms with Crippen molar-refractivity contribution in [2.75, 3.05) is 0 Å². The first-order valence-electron chi connectivity index (χ1n) is 7.84. The molecule has 3 aromatic carbocycles. The summed E-state index contributed by atoms with van der Waals surface area (Å²) >= 11 is 0. The molecule has 1 aromatic heterocycles. The van der Waals surface area contributed by atoms with Gasteiger partial charge in [0.25, 0.3) is 0 Å². The second kappa shape index (κ2) is 5.40. The van der Waals surface area contributed by atoms with Gasteiger partial charge < -0.3 is 0 Å². The van der Waals surface area contributed by atoms with Crippen molar-refractivity contribution in [2.24, 2.45) is 0 Å². The highest BCUT2D eigenvalue weighted by Crippen LogP contribution is 2.31. The molecule has 0 atom stereocenters. The minimum Gasteiger partial charge on any atom is -0.232 e. The Balaban J connectivity index is 2.07. The number of aromatic nitrogens is 2. The first kappa shape index (κ1) is 13.8. The summed E-state index contributed by atoms with van der Waals surface area (Å²) in [6, 6.07) is 25.4. The van der Waals surface area contributed by atoms with E-state index in [1.807, 2.05) is 6.07 Å². The number of hydrogen-bond acceptors (Lipinski definition) is 1. The fourth-order valence-electron chi connectivity index (χ4n) is 3.02. The van der Waals surface area contributed by atoms with Crippen LogP contribution in [0.3, 0.4) is 0 Å². The molecule has 0 aliphatic rings. The Labute approximate surface area is 136 Å². The van der Waals surface area contributed by atoms with Crippen molar-refractivity contribution in [1.29, 1.82) is 0 Å². The minimum atomic E-state index is 1.03. The van der Waals surface area contributed by atoms with Gasteiger partial charge in [0.1, 0.15) is 0 Å². The second-order valence-electron chi connectivity index (χ2n) is 5.99. The summed E-state index contributed by atoms with van der Waals surface area (Å²) in [5.74, 6) is 0. The molecular weight excluding hydrogens is 280 g/mol. The lowest BCUT2D eigenvalue weighted by atomic mass is 10.1. The third-order valence-electron chi connectivity index (χ3n) is 4.12. The first-order valence-corrected chi connectivity index (χ1v) is 7.84. The number of aryl methyl sites for hydroxylation is 2. The Morgan fingerprint density at radius 2 is 1.52 bits per heavy atom. The van der Waals surface area contributed by atoms with Gasteiger partial charge in [-0.25, -0.2) is 4.68 Å². The minimum absolute atomic E-state index is 1.03. The van der Waals surface area contributed by atoms with E-state index >= 15 is 0 Å². The summed E-state index contributed by atoms with van der Waals surface area (Å²) in [6.45, 7) is 4.21. The number of benzene rings is 3. The van der Waals surface area contributed by atoms with Crippen LogP contribution in [-0.2, 0) is 0 Å². The second-order valence-corrected chi connectivity index (χ2v) is 5.99. The van der Waals surface area contributed by atoms with Crippen LogP contribution in [0.2, 0.25) is 0 Å². The summed E-state index contributed by atoms with van der Waals surface area (Å²) in [5, 5.41) is 6.06. The van der Waals surface area contributed by atoms with Crippen LogP contribution in [0.25, 0.3) is 27.8 Å². The number of hydrogen-bond donors (Lipinski definition) is 0. The molecular formula is C21H18N2. The van der Waals surface area contributed by atoms with E-state index in [-0.39, 0.29) is 0 Å². The molecule has 112 valence electrons. The fraction of sp³-hybridized carbons (Fsp3) is 0.0952. The van der Waals surface area contributed by atoms with Crippen molar-refractivity contribution in [3.8, 4) is 16.9 Å². The van der Waals surface area contributed by atoms with Crippen LogP contribution in [0.1, 0.15) is 11.1 Å². The molecule has 0 amide bonds. The quantitative estimate of drug-likeness (QED) is 0.490. The van der Waals surface area contributed by atoms with Gasteiger partial charge in [-0.15, -0.1) is 0 Å². The Morgan fingerprint density at radius 1 is 0.739 bits per heavy atom. The number of rotatable bonds is 2. The average Bonchev–Trinajstić information content (AvgIpc) is 2.94. The molecule has 0 bridgehead atoms. The lowest BCUT2D eigenvalue weighted by molar-refractivity contribution is 0.902. The molecule has 4 rings (SSSR count). The molecule has 0 unspecified atom stereocenters. The Bertz CT molecular complexity index is 981. The number of nitrogens with zero attached hydrogens (tertiary/aromatic N) is 2. The van der Waals surface area contributed by atoms with E-state index in [0.29, 0.717) is 0 Å². The molecule has 1 heterocycles. The molecule has 0 N–H and O–H groups in total. The zero-order valence-corrected chi connectivity index (χ0v) is 13.3. The van der Waals surface area contributed by atoms with Crippen molar-refractivity contribution in [1.82, 2.24) is 9.78 Å². The Hall–Kier alpha value is -2.87. The Kier molecular flexibility index (Phi) is 3.23. The van der Waals surface area contributed by atoms with Crippen molar-refractivity contribution in [3.05, 3.63) is 83.9 Å². The van der Waals surface area contributed by atoms with Crippen molar-refractivity contribution < 1.29 is 0 Å². The van der Waals surface area contributed by atoms with Gasteiger partial charge in [-0.3, -0.25) is 0 Å². The van der Waals surface area contributed by atoms with E-state index in [9.17, 15) is 0 Å². The SMILES string of the molecule is Cc1cccc(-n2nc3cc(C)ccc3c2-c2ccccc2)c1. The van der Waals surface area contributed by atoms with Crippen LogP contribution in [0.15, 0.2) is 72.8 Å². The van der Waals surface area contributed by atoms with Crippen molar-refractivity contribution in [3.63, 3.8) is 0 Å². The van der Waals surface area contributed by atoms with E-state index in [2.05, 4.69) is 85.3 Å². The maximum atomic E-state index is 4.88. The Morgan fingerprint density at radius 3 is 2.30 bits per heavy atom. The molecule has 0 saturated carbocycles. The maximum Gasteiger partial charge on any atom is 0.0937 e. The van der Waals surface area contributed by atoms with Crippen LogP contribution in [0, 0.1) is 13.8 Å². The fourth-order valence-corrected chi connectivity index (χ4v) is 3.02. The van der Waals surface area contributed by atoms with Crippen LogP contribution < -0.4 is 0 Å². The van der Waals surface area contributed by atoms with Gasteiger partial charge in [0.2, 0.25) is 0 Å². The molecule has 4 aromatic rings. The smallest absolute Gasteiger partial charge is 0.0937 e. The highest BCUT2D eigenvalue weighted by Gasteiger charge is 2.14. The van der Waals surface area contributed by atoms with Gasteiger partial charge in [-0.2, -0.15) is 5.10 Å². The van der Waals surface area contributed by atoms with Gasteiger partial charge in [-0.05, 0) is 43.2 Å². The summed E-state index contributed by atoms with van der Waals surface area (Å²) in [6.07, 6.45) is 0. The molecule has 0 fully saturated rings. The molecule has 0 spiro atoms. The molecule has 0 saturated heterocycles. The normalized spacial score (nSPS) is 11.0. The van der Waals surface area contributed by atoms with Gasteiger partial charge in [0.15, 0.2) is 0 Å². The largest absolute Gasteiger partial charge is 0.232 e. The van der Waals surface area contributed by atoms with Gasteiger partial charge in [0.05, 0.1) is 16.9 Å². The van der Waals surface area contributed by atoms with Crippen molar-refractivity contribution >= 4 is 10.9 Å².